The Kier molecular flexibility index (Phi) is 8.33. The van der Waals surface area contributed by atoms with E-state index in [9.17, 15) is 4.79 Å². The van der Waals surface area contributed by atoms with Crippen molar-refractivity contribution in [2.24, 2.45) is 0 Å². The highest BCUT2D eigenvalue weighted by Gasteiger charge is 2.29. The van der Waals surface area contributed by atoms with Crippen molar-refractivity contribution in [1.29, 1.82) is 0 Å². The van der Waals surface area contributed by atoms with Gasteiger partial charge in [0.15, 0.2) is 5.78 Å². The Hall–Kier alpha value is -0.370. The summed E-state index contributed by atoms with van der Waals surface area (Å²) in [5, 5.41) is 0. The van der Waals surface area contributed by atoms with Crippen LogP contribution in [-0.2, 0) is 9.53 Å². The first-order valence-electron chi connectivity index (χ1n) is 7.49. The second kappa shape index (κ2) is 9.64. The summed E-state index contributed by atoms with van der Waals surface area (Å²) in [6, 6.07) is 0. The summed E-state index contributed by atoms with van der Waals surface area (Å²) in [5.74, 6) is 0.324. The average Bonchev–Trinajstić information content (AvgIpc) is 3.15. The second-order valence-corrected chi connectivity index (χ2v) is 5.22. The normalized spacial score (nSPS) is 18.3. The molecule has 100 valence electrons. The topological polar surface area (TPSA) is 29.6 Å². The molecule has 1 unspecified atom stereocenters. The third kappa shape index (κ3) is 8.37. The summed E-state index contributed by atoms with van der Waals surface area (Å²) in [6.07, 6.45) is 14.0. The molecular formula is C15H28O2. The number of epoxide rings is 1. The fourth-order valence-electron chi connectivity index (χ4n) is 2.18. The lowest BCUT2D eigenvalue weighted by Gasteiger charge is -2.01. The number of Topliss-reactive ketones (excluding diaryl/α,β-unsaturated/α-hetero) is 1. The number of unbranched alkanes of at least 4 members (excludes halogenated alkanes) is 9. The van der Waals surface area contributed by atoms with Gasteiger partial charge in [-0.2, -0.15) is 0 Å². The van der Waals surface area contributed by atoms with Crippen molar-refractivity contribution in [2.75, 3.05) is 6.61 Å². The molecule has 0 bridgehead atoms. The lowest BCUT2D eigenvalue weighted by atomic mass is 10.0. The van der Waals surface area contributed by atoms with Crippen LogP contribution in [0.2, 0.25) is 0 Å². The maximum absolute atomic E-state index is 11.3. The van der Waals surface area contributed by atoms with Gasteiger partial charge < -0.3 is 4.74 Å². The number of hydrogen-bond donors (Lipinski definition) is 0. The van der Waals surface area contributed by atoms with Crippen LogP contribution in [0.25, 0.3) is 0 Å². The summed E-state index contributed by atoms with van der Waals surface area (Å²) in [4.78, 5) is 11.3. The molecule has 1 rings (SSSR count). The minimum absolute atomic E-state index is 0.0198. The van der Waals surface area contributed by atoms with E-state index in [2.05, 4.69) is 6.92 Å². The lowest BCUT2D eigenvalue weighted by Crippen LogP contribution is -2.05. The molecule has 1 aliphatic heterocycles. The van der Waals surface area contributed by atoms with Gasteiger partial charge in [0, 0.05) is 6.42 Å². The Labute approximate surface area is 106 Å². The van der Waals surface area contributed by atoms with E-state index in [1.165, 1.54) is 57.8 Å². The zero-order chi connectivity index (χ0) is 12.3. The molecule has 0 amide bonds. The Morgan fingerprint density at radius 1 is 0.941 bits per heavy atom. The van der Waals surface area contributed by atoms with E-state index in [1.807, 2.05) is 0 Å². The van der Waals surface area contributed by atoms with Gasteiger partial charge in [0.05, 0.1) is 6.61 Å². The van der Waals surface area contributed by atoms with Crippen molar-refractivity contribution >= 4 is 5.78 Å². The minimum atomic E-state index is -0.0198. The quantitative estimate of drug-likeness (QED) is 0.377. The lowest BCUT2D eigenvalue weighted by molar-refractivity contribution is -0.120. The summed E-state index contributed by atoms with van der Waals surface area (Å²) < 4.78 is 4.96. The van der Waals surface area contributed by atoms with Crippen LogP contribution in [0.1, 0.15) is 77.6 Å². The molecule has 0 saturated carbocycles. The molecule has 0 aliphatic carbocycles. The molecule has 0 N–H and O–H groups in total. The van der Waals surface area contributed by atoms with E-state index in [0.717, 1.165) is 12.8 Å². The number of hydrogen-bond acceptors (Lipinski definition) is 2. The van der Waals surface area contributed by atoms with E-state index in [1.54, 1.807) is 0 Å². The number of carbonyl (C=O) groups excluding carboxylic acids is 1. The summed E-state index contributed by atoms with van der Waals surface area (Å²) in [7, 11) is 0. The van der Waals surface area contributed by atoms with Crippen LogP contribution in [0.4, 0.5) is 0 Å². The molecule has 17 heavy (non-hydrogen) atoms. The summed E-state index contributed by atoms with van der Waals surface area (Å²) in [5.41, 5.74) is 0. The predicted octanol–water partition coefficient (Wildman–Crippen LogP) is 4.27. The van der Waals surface area contributed by atoms with E-state index >= 15 is 0 Å². The highest BCUT2D eigenvalue weighted by atomic mass is 16.6. The number of ether oxygens (including phenoxy) is 1. The zero-order valence-corrected chi connectivity index (χ0v) is 11.4. The zero-order valence-electron chi connectivity index (χ0n) is 11.4. The van der Waals surface area contributed by atoms with E-state index in [-0.39, 0.29) is 6.10 Å². The fourth-order valence-corrected chi connectivity index (χ4v) is 2.18. The van der Waals surface area contributed by atoms with Gasteiger partial charge in [-0.15, -0.1) is 0 Å². The fraction of sp³-hybridized carbons (Fsp3) is 0.933. The van der Waals surface area contributed by atoms with E-state index in [0.29, 0.717) is 12.4 Å². The van der Waals surface area contributed by atoms with Crippen LogP contribution in [0, 0.1) is 0 Å². The van der Waals surface area contributed by atoms with Gasteiger partial charge in [0.2, 0.25) is 0 Å². The maximum Gasteiger partial charge on any atom is 0.163 e. The van der Waals surface area contributed by atoms with Crippen LogP contribution in [0.15, 0.2) is 0 Å². The van der Waals surface area contributed by atoms with Crippen molar-refractivity contribution in [2.45, 2.75) is 83.7 Å². The van der Waals surface area contributed by atoms with Crippen molar-refractivity contribution in [3.05, 3.63) is 0 Å². The Morgan fingerprint density at radius 3 is 1.88 bits per heavy atom. The van der Waals surface area contributed by atoms with Gasteiger partial charge in [-0.25, -0.2) is 0 Å². The van der Waals surface area contributed by atoms with Crippen molar-refractivity contribution < 1.29 is 9.53 Å². The molecule has 1 fully saturated rings. The highest BCUT2D eigenvalue weighted by molar-refractivity contribution is 5.84. The second-order valence-electron chi connectivity index (χ2n) is 5.22. The van der Waals surface area contributed by atoms with Crippen molar-refractivity contribution in [3.63, 3.8) is 0 Å². The molecule has 2 heteroatoms. The standard InChI is InChI=1S/C15H28O2/c1-2-3-4-5-6-7-8-9-10-11-12-14(16)15-13-17-15/h15H,2-13H2,1H3. The number of rotatable bonds is 12. The molecule has 2 nitrogen and oxygen atoms in total. The largest absolute Gasteiger partial charge is 0.365 e. The Morgan fingerprint density at radius 2 is 1.41 bits per heavy atom. The van der Waals surface area contributed by atoms with E-state index < -0.39 is 0 Å². The van der Waals surface area contributed by atoms with Gasteiger partial charge in [0.1, 0.15) is 6.10 Å². The van der Waals surface area contributed by atoms with Crippen LogP contribution in [0.5, 0.6) is 0 Å². The highest BCUT2D eigenvalue weighted by Crippen LogP contribution is 2.15. The first-order valence-corrected chi connectivity index (χ1v) is 7.49. The number of ketones is 1. The van der Waals surface area contributed by atoms with Gasteiger partial charge in [0.25, 0.3) is 0 Å². The van der Waals surface area contributed by atoms with Gasteiger partial charge in [-0.3, -0.25) is 4.79 Å². The third-order valence-corrected chi connectivity index (χ3v) is 3.47. The molecule has 1 saturated heterocycles. The average molecular weight is 240 g/mol. The molecule has 1 atom stereocenters. The van der Waals surface area contributed by atoms with E-state index in [4.69, 9.17) is 4.74 Å². The van der Waals surface area contributed by atoms with Gasteiger partial charge in [-0.1, -0.05) is 64.7 Å². The SMILES string of the molecule is CCCCCCCCCCCCC(=O)C1CO1. The first kappa shape index (κ1) is 14.7. The smallest absolute Gasteiger partial charge is 0.163 e. The molecule has 1 aliphatic rings. The Balaban J connectivity index is 1.70. The molecule has 0 aromatic heterocycles. The molecule has 0 aromatic carbocycles. The minimum Gasteiger partial charge on any atom is -0.365 e. The maximum atomic E-state index is 11.3. The van der Waals surface area contributed by atoms with Crippen LogP contribution < -0.4 is 0 Å². The summed E-state index contributed by atoms with van der Waals surface area (Å²) >= 11 is 0. The predicted molar refractivity (Wildman–Crippen MR) is 71.2 cm³/mol. The first-order chi connectivity index (χ1) is 8.34. The molecule has 1 heterocycles. The monoisotopic (exact) mass is 240 g/mol. The van der Waals surface area contributed by atoms with Crippen molar-refractivity contribution in [1.82, 2.24) is 0 Å². The van der Waals surface area contributed by atoms with Gasteiger partial charge >= 0.3 is 0 Å². The molecular weight excluding hydrogens is 212 g/mol. The van der Waals surface area contributed by atoms with Gasteiger partial charge in [-0.05, 0) is 6.42 Å². The molecule has 0 spiro atoms. The third-order valence-electron chi connectivity index (χ3n) is 3.47. The summed E-state index contributed by atoms with van der Waals surface area (Å²) in [6.45, 7) is 2.94. The number of carbonyl (C=O) groups is 1. The van der Waals surface area contributed by atoms with Crippen molar-refractivity contribution in [3.8, 4) is 0 Å². The van der Waals surface area contributed by atoms with Crippen LogP contribution in [-0.4, -0.2) is 18.5 Å². The molecule has 0 radical (unpaired) electrons. The Bertz CT molecular complexity index is 197. The van der Waals surface area contributed by atoms with Crippen LogP contribution in [0.3, 0.4) is 0 Å². The van der Waals surface area contributed by atoms with Crippen LogP contribution >= 0.6 is 0 Å². The molecule has 0 aromatic rings.